The fourth-order valence-corrected chi connectivity index (χ4v) is 3.75. The third kappa shape index (κ3) is 5.13. The summed E-state index contributed by atoms with van der Waals surface area (Å²) in [5.41, 5.74) is 2.13. The van der Waals surface area contributed by atoms with Gasteiger partial charge in [-0.15, -0.1) is 0 Å². The van der Waals surface area contributed by atoms with Crippen molar-refractivity contribution in [2.24, 2.45) is 0 Å². The van der Waals surface area contributed by atoms with E-state index in [0.717, 1.165) is 43.3 Å². The zero-order valence-electron chi connectivity index (χ0n) is 17.2. The Morgan fingerprint density at radius 3 is 2.23 bits per heavy atom. The quantitative estimate of drug-likeness (QED) is 0.633. The second-order valence-corrected chi connectivity index (χ2v) is 7.51. The first-order valence-corrected chi connectivity index (χ1v) is 10.3. The van der Waals surface area contributed by atoms with Crippen LogP contribution in [0.3, 0.4) is 0 Å². The second kappa shape index (κ2) is 9.49. The molecule has 0 saturated carbocycles. The number of aromatic carboxylic acids is 1. The normalized spacial score (nSPS) is 14.4. The summed E-state index contributed by atoms with van der Waals surface area (Å²) in [6, 6.07) is 20.3. The summed E-state index contributed by atoms with van der Waals surface area (Å²) in [5, 5.41) is 9.05. The highest BCUT2D eigenvalue weighted by Crippen LogP contribution is 2.20. The number of carbonyl (C=O) groups is 2. The molecule has 2 heterocycles. The molecule has 7 heteroatoms. The molecule has 3 aromatic rings. The highest BCUT2D eigenvalue weighted by Gasteiger charge is 2.23. The molecule has 2 aromatic carbocycles. The molecule has 1 amide bonds. The predicted molar refractivity (Wildman–Crippen MR) is 118 cm³/mol. The Balaban J connectivity index is 1.37. The predicted octanol–water partition coefficient (Wildman–Crippen LogP) is 3.33. The first-order valence-electron chi connectivity index (χ1n) is 10.3. The molecule has 0 atom stereocenters. The van der Waals surface area contributed by atoms with Crippen molar-refractivity contribution in [3.8, 4) is 0 Å². The van der Waals surface area contributed by atoms with Crippen molar-refractivity contribution in [2.75, 3.05) is 42.5 Å². The maximum absolute atomic E-state index is 13.2. The van der Waals surface area contributed by atoms with E-state index in [1.165, 1.54) is 0 Å². The average Bonchev–Trinajstić information content (AvgIpc) is 3.32. The van der Waals surface area contributed by atoms with Crippen molar-refractivity contribution in [3.63, 3.8) is 0 Å². The van der Waals surface area contributed by atoms with E-state index in [-0.39, 0.29) is 11.5 Å². The minimum Gasteiger partial charge on any atom is -0.478 e. The van der Waals surface area contributed by atoms with Crippen LogP contribution in [-0.4, -0.2) is 54.6 Å². The third-order valence-electron chi connectivity index (χ3n) is 5.47. The van der Waals surface area contributed by atoms with Crippen LogP contribution in [0.25, 0.3) is 0 Å². The number of carbonyl (C=O) groups excluding carboxylic acids is 1. The topological polar surface area (TPSA) is 77.2 Å². The van der Waals surface area contributed by atoms with Crippen LogP contribution in [0.1, 0.15) is 16.1 Å². The third-order valence-corrected chi connectivity index (χ3v) is 5.47. The number of nitrogens with zero attached hydrogens (tertiary/aromatic N) is 3. The van der Waals surface area contributed by atoms with Gasteiger partial charge in [-0.05, 0) is 48.5 Å². The van der Waals surface area contributed by atoms with Crippen molar-refractivity contribution >= 4 is 23.3 Å². The van der Waals surface area contributed by atoms with Gasteiger partial charge in [-0.2, -0.15) is 0 Å². The fraction of sp³-hybridized carbons (Fsp3) is 0.250. The van der Waals surface area contributed by atoms with E-state index >= 15 is 0 Å². The van der Waals surface area contributed by atoms with Gasteiger partial charge in [0.1, 0.15) is 5.76 Å². The molecule has 0 unspecified atom stereocenters. The smallest absolute Gasteiger partial charge is 0.335 e. The first kappa shape index (κ1) is 20.7. The van der Waals surface area contributed by atoms with Crippen LogP contribution >= 0.6 is 0 Å². The largest absolute Gasteiger partial charge is 0.478 e. The van der Waals surface area contributed by atoms with Gasteiger partial charge in [0.15, 0.2) is 0 Å². The Morgan fingerprint density at radius 1 is 0.903 bits per heavy atom. The lowest BCUT2D eigenvalue weighted by Crippen LogP contribution is -2.50. The number of carboxylic acid groups (broad SMARTS) is 1. The van der Waals surface area contributed by atoms with Crippen LogP contribution in [0.15, 0.2) is 77.4 Å². The SMILES string of the molecule is O=C(O)c1ccc(N2CCN(CC(=O)N(Cc3ccco3)c3ccccc3)CC2)cc1. The summed E-state index contributed by atoms with van der Waals surface area (Å²) < 4.78 is 5.46. The molecule has 0 spiro atoms. The zero-order chi connectivity index (χ0) is 21.6. The number of amides is 1. The van der Waals surface area contributed by atoms with Gasteiger partial charge < -0.3 is 19.3 Å². The lowest BCUT2D eigenvalue weighted by Gasteiger charge is -2.36. The van der Waals surface area contributed by atoms with E-state index in [4.69, 9.17) is 9.52 Å². The highest BCUT2D eigenvalue weighted by molar-refractivity contribution is 5.94. The van der Waals surface area contributed by atoms with Gasteiger partial charge in [0.05, 0.1) is 24.9 Å². The molecule has 1 aliphatic rings. The van der Waals surface area contributed by atoms with Crippen LogP contribution < -0.4 is 9.80 Å². The Labute approximate surface area is 181 Å². The molecule has 0 bridgehead atoms. The number of para-hydroxylation sites is 1. The van der Waals surface area contributed by atoms with Gasteiger partial charge in [0.25, 0.3) is 0 Å². The van der Waals surface area contributed by atoms with Crippen molar-refractivity contribution in [1.82, 2.24) is 4.90 Å². The van der Waals surface area contributed by atoms with E-state index in [0.29, 0.717) is 13.1 Å². The van der Waals surface area contributed by atoms with Crippen molar-refractivity contribution in [3.05, 3.63) is 84.3 Å². The zero-order valence-corrected chi connectivity index (χ0v) is 17.2. The summed E-state index contributed by atoms with van der Waals surface area (Å²) in [4.78, 5) is 30.3. The Morgan fingerprint density at radius 2 is 1.61 bits per heavy atom. The lowest BCUT2D eigenvalue weighted by atomic mass is 10.2. The van der Waals surface area contributed by atoms with E-state index < -0.39 is 5.97 Å². The van der Waals surface area contributed by atoms with E-state index in [1.54, 1.807) is 23.3 Å². The van der Waals surface area contributed by atoms with Gasteiger partial charge in [-0.25, -0.2) is 4.79 Å². The number of furan rings is 1. The summed E-state index contributed by atoms with van der Waals surface area (Å²) in [6.45, 7) is 3.81. The fourth-order valence-electron chi connectivity index (χ4n) is 3.75. The average molecular weight is 419 g/mol. The Bertz CT molecular complexity index is 995. The molecule has 1 fully saturated rings. The van der Waals surface area contributed by atoms with Gasteiger partial charge >= 0.3 is 5.97 Å². The van der Waals surface area contributed by atoms with Gasteiger partial charge in [0, 0.05) is 37.6 Å². The van der Waals surface area contributed by atoms with Crippen LogP contribution in [0.2, 0.25) is 0 Å². The number of hydrogen-bond donors (Lipinski definition) is 1. The van der Waals surface area contributed by atoms with E-state index in [1.807, 2.05) is 54.6 Å². The van der Waals surface area contributed by atoms with Crippen LogP contribution in [0.5, 0.6) is 0 Å². The number of anilines is 2. The van der Waals surface area contributed by atoms with Crippen molar-refractivity contribution < 1.29 is 19.1 Å². The number of rotatable bonds is 7. The van der Waals surface area contributed by atoms with Crippen LogP contribution in [0, 0.1) is 0 Å². The highest BCUT2D eigenvalue weighted by atomic mass is 16.4. The van der Waals surface area contributed by atoms with Gasteiger partial charge in [-0.3, -0.25) is 9.69 Å². The number of hydrogen-bond acceptors (Lipinski definition) is 5. The van der Waals surface area contributed by atoms with E-state index in [2.05, 4.69) is 9.80 Å². The maximum atomic E-state index is 13.2. The summed E-state index contributed by atoms with van der Waals surface area (Å²) in [7, 11) is 0. The number of benzene rings is 2. The first-order chi connectivity index (χ1) is 15.1. The Hall–Kier alpha value is -3.58. The van der Waals surface area contributed by atoms with Crippen molar-refractivity contribution in [1.29, 1.82) is 0 Å². The standard InChI is InChI=1S/C24H25N3O4/c28-23(27(17-22-7-4-16-31-22)21-5-2-1-3-6-21)18-25-12-14-26(15-13-25)20-10-8-19(9-11-20)24(29)30/h1-11,16H,12-15,17-18H2,(H,29,30). The molecule has 1 N–H and O–H groups in total. The molecule has 1 aromatic heterocycles. The molecule has 31 heavy (non-hydrogen) atoms. The minimum atomic E-state index is -0.924. The van der Waals surface area contributed by atoms with Crippen molar-refractivity contribution in [2.45, 2.75) is 6.54 Å². The molecule has 4 rings (SSSR count). The van der Waals surface area contributed by atoms with Crippen LogP contribution in [0.4, 0.5) is 11.4 Å². The monoisotopic (exact) mass is 419 g/mol. The maximum Gasteiger partial charge on any atom is 0.335 e. The minimum absolute atomic E-state index is 0.0295. The molecular weight excluding hydrogens is 394 g/mol. The second-order valence-electron chi connectivity index (χ2n) is 7.51. The molecule has 1 aliphatic heterocycles. The van der Waals surface area contributed by atoms with Gasteiger partial charge in [-0.1, -0.05) is 18.2 Å². The molecule has 7 nitrogen and oxygen atoms in total. The molecular formula is C24H25N3O4. The van der Waals surface area contributed by atoms with E-state index in [9.17, 15) is 9.59 Å². The molecule has 0 aliphatic carbocycles. The number of piperazine rings is 1. The summed E-state index contributed by atoms with van der Waals surface area (Å²) in [6.07, 6.45) is 1.62. The molecule has 0 radical (unpaired) electrons. The molecule has 1 saturated heterocycles. The number of carboxylic acids is 1. The summed E-state index contributed by atoms with van der Waals surface area (Å²) >= 11 is 0. The van der Waals surface area contributed by atoms with Crippen LogP contribution in [-0.2, 0) is 11.3 Å². The lowest BCUT2D eigenvalue weighted by molar-refractivity contribution is -0.120. The Kier molecular flexibility index (Phi) is 6.33. The molecule has 160 valence electrons. The summed E-state index contributed by atoms with van der Waals surface area (Å²) in [5.74, 6) is -0.152. The van der Waals surface area contributed by atoms with Gasteiger partial charge in [0.2, 0.25) is 5.91 Å².